The minimum atomic E-state index is -4.88. The van der Waals surface area contributed by atoms with E-state index in [0.29, 0.717) is 38.3 Å². The van der Waals surface area contributed by atoms with Gasteiger partial charge in [-0.2, -0.15) is 4.80 Å². The molecule has 1 aromatic heterocycles. The molecule has 1 N–H and O–H groups in total. The van der Waals surface area contributed by atoms with Crippen LogP contribution >= 0.6 is 0 Å². The molecule has 0 amide bonds. The number of nitrogens with zero attached hydrogens (tertiary/aromatic N) is 5. The third-order valence-corrected chi connectivity index (χ3v) is 7.36. The molecule has 1 aliphatic rings. The van der Waals surface area contributed by atoms with Gasteiger partial charge in [-0.25, -0.2) is 0 Å². The minimum absolute atomic E-state index is 0.290. The highest BCUT2D eigenvalue weighted by Gasteiger charge is 2.42. The lowest BCUT2D eigenvalue weighted by atomic mass is 9.72. The Morgan fingerprint density at radius 2 is 1.26 bits per heavy atom. The normalized spacial score (nSPS) is 15.4. The topological polar surface area (TPSA) is 85.5 Å². The van der Waals surface area contributed by atoms with Crippen LogP contribution in [0.3, 0.4) is 0 Å². The van der Waals surface area contributed by atoms with Crippen molar-refractivity contribution in [3.05, 3.63) is 89.5 Å². The van der Waals surface area contributed by atoms with Gasteiger partial charge in [-0.05, 0) is 78.0 Å². The number of ether oxygens (including phenoxy) is 2. The van der Waals surface area contributed by atoms with Gasteiger partial charge in [0.15, 0.2) is 0 Å². The van der Waals surface area contributed by atoms with Gasteiger partial charge < -0.3 is 14.6 Å². The van der Waals surface area contributed by atoms with E-state index >= 15 is 0 Å². The smallest absolute Gasteiger partial charge is 0.406 e. The Morgan fingerprint density at radius 3 is 1.67 bits per heavy atom. The number of hydrogen-bond donors (Lipinski definition) is 1. The molecule has 5 rings (SSSR count). The minimum Gasteiger partial charge on any atom is -0.406 e. The van der Waals surface area contributed by atoms with Crippen molar-refractivity contribution in [1.29, 1.82) is 0 Å². The van der Waals surface area contributed by atoms with Crippen molar-refractivity contribution in [3.8, 4) is 22.9 Å². The number of halogens is 6. The maximum absolute atomic E-state index is 12.7. The fourth-order valence-corrected chi connectivity index (χ4v) is 5.39. The summed E-state index contributed by atoms with van der Waals surface area (Å²) in [6, 6.07) is 17.5. The first kappa shape index (κ1) is 30.3. The number of piperidine rings is 1. The number of aromatic nitrogens is 4. The Balaban J connectivity index is 1.33. The Bertz CT molecular complexity index is 1440. The third kappa shape index (κ3) is 7.43. The second-order valence-corrected chi connectivity index (χ2v) is 10.3. The van der Waals surface area contributed by atoms with Crippen LogP contribution in [0.1, 0.15) is 29.5 Å². The van der Waals surface area contributed by atoms with E-state index in [-0.39, 0.29) is 11.1 Å². The zero-order valence-corrected chi connectivity index (χ0v) is 22.8. The zero-order chi connectivity index (χ0) is 30.8. The van der Waals surface area contributed by atoms with Crippen molar-refractivity contribution >= 4 is 0 Å². The Hall–Kier alpha value is -4.17. The van der Waals surface area contributed by atoms with Crippen LogP contribution in [0.25, 0.3) is 11.4 Å². The molecule has 0 aliphatic carbocycles. The average Bonchev–Trinajstić information content (AvgIpc) is 3.39. The van der Waals surface area contributed by atoms with Crippen molar-refractivity contribution in [1.82, 2.24) is 25.1 Å². The molecule has 8 nitrogen and oxygen atoms in total. The molecule has 228 valence electrons. The first-order chi connectivity index (χ1) is 20.3. The summed E-state index contributed by atoms with van der Waals surface area (Å²) in [5, 5.41) is 24.2. The fraction of sp³-hybridized carbons (Fsp3) is 0.345. The number of tetrazole rings is 1. The van der Waals surface area contributed by atoms with Gasteiger partial charge in [0.25, 0.3) is 0 Å². The van der Waals surface area contributed by atoms with Crippen LogP contribution in [-0.2, 0) is 19.2 Å². The standard InChI is InChI=1S/C29H27F6N5O3/c1-39-37-26(36-38-39)20-4-2-19(3-5-20)18-40-16-14-23(15-17-40)27(41,21-6-10-24(11-7-21)42-28(30,31)32)22-8-12-25(13-9-22)43-29(33,34)35/h2-13,23,41H,14-18H2,1H3. The molecule has 0 atom stereocenters. The molecular weight excluding hydrogens is 580 g/mol. The number of alkyl halides is 6. The third-order valence-electron chi connectivity index (χ3n) is 7.36. The molecule has 1 fully saturated rings. The van der Waals surface area contributed by atoms with Gasteiger partial charge in [0.05, 0.1) is 7.05 Å². The number of benzene rings is 3. The molecule has 0 spiro atoms. The number of aryl methyl sites for hydroxylation is 1. The first-order valence-electron chi connectivity index (χ1n) is 13.3. The quantitative estimate of drug-likeness (QED) is 0.253. The van der Waals surface area contributed by atoms with Crippen molar-refractivity contribution < 1.29 is 40.9 Å². The number of aliphatic hydroxyl groups is 1. The lowest BCUT2D eigenvalue weighted by molar-refractivity contribution is -0.275. The maximum Gasteiger partial charge on any atom is 0.573 e. The highest BCUT2D eigenvalue weighted by atomic mass is 19.4. The number of rotatable bonds is 8. The molecule has 0 unspecified atom stereocenters. The van der Waals surface area contributed by atoms with Crippen LogP contribution < -0.4 is 9.47 Å². The van der Waals surface area contributed by atoms with Crippen molar-refractivity contribution in [3.63, 3.8) is 0 Å². The molecule has 1 aliphatic heterocycles. The summed E-state index contributed by atoms with van der Waals surface area (Å²) in [6.07, 6.45) is -8.74. The summed E-state index contributed by atoms with van der Waals surface area (Å²) >= 11 is 0. The molecular formula is C29H27F6N5O3. The first-order valence-corrected chi connectivity index (χ1v) is 13.3. The van der Waals surface area contributed by atoms with Gasteiger partial charge in [0.2, 0.25) is 5.82 Å². The van der Waals surface area contributed by atoms with Gasteiger partial charge >= 0.3 is 12.7 Å². The predicted molar refractivity (Wildman–Crippen MR) is 141 cm³/mol. The van der Waals surface area contributed by atoms with E-state index in [9.17, 15) is 31.4 Å². The average molecular weight is 608 g/mol. The lowest BCUT2D eigenvalue weighted by Crippen LogP contribution is -2.44. The molecule has 2 heterocycles. The van der Waals surface area contributed by atoms with Crippen LogP contribution in [0.5, 0.6) is 11.5 Å². The van der Waals surface area contributed by atoms with E-state index in [4.69, 9.17) is 0 Å². The predicted octanol–water partition coefficient (Wildman–Crippen LogP) is 5.82. The molecule has 1 saturated heterocycles. The van der Waals surface area contributed by atoms with E-state index < -0.39 is 35.7 Å². The van der Waals surface area contributed by atoms with Gasteiger partial charge in [-0.3, -0.25) is 4.90 Å². The van der Waals surface area contributed by atoms with E-state index in [1.165, 1.54) is 29.1 Å². The van der Waals surface area contributed by atoms with E-state index in [1.54, 1.807) is 7.05 Å². The molecule has 0 bridgehead atoms. The summed E-state index contributed by atoms with van der Waals surface area (Å²) < 4.78 is 84.1. The summed E-state index contributed by atoms with van der Waals surface area (Å²) in [7, 11) is 1.68. The van der Waals surface area contributed by atoms with Crippen molar-refractivity contribution in [2.75, 3.05) is 13.1 Å². The van der Waals surface area contributed by atoms with Gasteiger partial charge in [0.1, 0.15) is 17.1 Å². The van der Waals surface area contributed by atoms with Gasteiger partial charge in [-0.1, -0.05) is 48.5 Å². The molecule has 3 aromatic carbocycles. The maximum atomic E-state index is 12.7. The van der Waals surface area contributed by atoms with Crippen LogP contribution in [0.2, 0.25) is 0 Å². The van der Waals surface area contributed by atoms with E-state index in [1.807, 2.05) is 24.3 Å². The van der Waals surface area contributed by atoms with Crippen LogP contribution in [0.4, 0.5) is 26.3 Å². The largest absolute Gasteiger partial charge is 0.573 e. The molecule has 0 radical (unpaired) electrons. The Morgan fingerprint density at radius 1 is 0.767 bits per heavy atom. The molecule has 14 heteroatoms. The zero-order valence-electron chi connectivity index (χ0n) is 22.8. The Kier molecular flexibility index (Phi) is 8.34. The number of hydrogen-bond acceptors (Lipinski definition) is 7. The summed E-state index contributed by atoms with van der Waals surface area (Å²) in [4.78, 5) is 3.59. The van der Waals surface area contributed by atoms with Gasteiger partial charge in [0, 0.05) is 12.1 Å². The lowest BCUT2D eigenvalue weighted by Gasteiger charge is -2.42. The fourth-order valence-electron chi connectivity index (χ4n) is 5.39. The highest BCUT2D eigenvalue weighted by Crippen LogP contribution is 2.43. The summed E-state index contributed by atoms with van der Waals surface area (Å²) in [5.41, 5.74) is 0.766. The monoisotopic (exact) mass is 607 g/mol. The summed E-state index contributed by atoms with van der Waals surface area (Å²) in [5.74, 6) is -0.783. The SMILES string of the molecule is Cn1nnc(-c2ccc(CN3CCC(C(O)(c4ccc(OC(F)(F)F)cc4)c4ccc(OC(F)(F)F)cc4)CC3)cc2)n1. The molecule has 4 aromatic rings. The molecule has 43 heavy (non-hydrogen) atoms. The van der Waals surface area contributed by atoms with Crippen molar-refractivity contribution in [2.45, 2.75) is 37.7 Å². The van der Waals surface area contributed by atoms with Gasteiger partial charge in [-0.15, -0.1) is 36.5 Å². The highest BCUT2D eigenvalue weighted by molar-refractivity contribution is 5.54. The van der Waals surface area contributed by atoms with Crippen LogP contribution in [0, 0.1) is 5.92 Å². The van der Waals surface area contributed by atoms with Crippen LogP contribution in [-0.4, -0.2) is 56.0 Å². The summed E-state index contributed by atoms with van der Waals surface area (Å²) in [6.45, 7) is 1.85. The number of likely N-dealkylation sites (tertiary alicyclic amines) is 1. The second-order valence-electron chi connectivity index (χ2n) is 10.3. The van der Waals surface area contributed by atoms with Crippen molar-refractivity contribution in [2.24, 2.45) is 13.0 Å². The van der Waals surface area contributed by atoms with E-state index in [2.05, 4.69) is 29.8 Å². The van der Waals surface area contributed by atoms with Crippen LogP contribution in [0.15, 0.2) is 72.8 Å². The van der Waals surface area contributed by atoms with E-state index in [0.717, 1.165) is 35.4 Å². The Labute approximate surface area is 242 Å². The second kappa shape index (κ2) is 11.8. The molecule has 0 saturated carbocycles.